The third-order valence-corrected chi connectivity index (χ3v) is 7.04. The van der Waals surface area contributed by atoms with Crippen LogP contribution < -0.4 is 5.32 Å². The summed E-state index contributed by atoms with van der Waals surface area (Å²) in [5, 5.41) is 3.20. The predicted molar refractivity (Wildman–Crippen MR) is 135 cm³/mol. The molecule has 0 spiro atoms. The molecule has 0 unspecified atom stereocenters. The van der Waals surface area contributed by atoms with Gasteiger partial charge in [-0.25, -0.2) is 9.18 Å². The van der Waals surface area contributed by atoms with E-state index in [1.807, 2.05) is 6.92 Å². The Balaban J connectivity index is 1.33. The summed E-state index contributed by atoms with van der Waals surface area (Å²) >= 11 is 1.26. The van der Waals surface area contributed by atoms with Crippen LogP contribution in [0.4, 0.5) is 9.39 Å². The smallest absolute Gasteiger partial charge is 0.341 e. The minimum atomic E-state index is -0.588. The second-order valence-electron chi connectivity index (χ2n) is 8.40. The molecule has 2 heterocycles. The van der Waals surface area contributed by atoms with Crippen LogP contribution in [0.2, 0.25) is 0 Å². The summed E-state index contributed by atoms with van der Waals surface area (Å²) in [5.74, 6) is -1.80. The topological polar surface area (TPSA) is 92.8 Å². The number of thiophene rings is 1. The van der Waals surface area contributed by atoms with Gasteiger partial charge in [0.05, 0.1) is 18.2 Å². The van der Waals surface area contributed by atoms with Crippen molar-refractivity contribution in [1.29, 1.82) is 0 Å². The van der Waals surface area contributed by atoms with Crippen molar-refractivity contribution in [3.8, 4) is 11.1 Å². The molecule has 9 heteroatoms. The third kappa shape index (κ3) is 5.06. The predicted octanol–water partition coefficient (Wildman–Crippen LogP) is 5.44. The number of aryl methyl sites for hydroxylation is 1. The van der Waals surface area contributed by atoms with Gasteiger partial charge in [0.25, 0.3) is 11.8 Å². The number of amides is 3. The van der Waals surface area contributed by atoms with Crippen molar-refractivity contribution in [1.82, 2.24) is 4.90 Å². The van der Waals surface area contributed by atoms with Crippen LogP contribution in [0.25, 0.3) is 11.1 Å². The molecule has 7 nitrogen and oxygen atoms in total. The largest absolute Gasteiger partial charge is 0.465 e. The zero-order chi connectivity index (χ0) is 25.8. The van der Waals surface area contributed by atoms with Crippen molar-refractivity contribution in [2.24, 2.45) is 0 Å². The van der Waals surface area contributed by atoms with E-state index >= 15 is 0 Å². The van der Waals surface area contributed by atoms with Gasteiger partial charge in [-0.2, -0.15) is 0 Å². The maximum Gasteiger partial charge on any atom is 0.341 e. The first-order valence-corrected chi connectivity index (χ1v) is 12.4. The van der Waals surface area contributed by atoms with Gasteiger partial charge in [0.15, 0.2) is 0 Å². The SMILES string of the molecule is COC(=O)c1c(NC(=O)CCCCCN2C(=O)c3ccccc3C2=O)sc(C)c1-c1ccc(F)cc1. The van der Waals surface area contributed by atoms with E-state index in [-0.39, 0.29) is 35.5 Å². The number of carbonyl (C=O) groups is 4. The normalized spacial score (nSPS) is 12.6. The number of rotatable bonds is 9. The molecule has 36 heavy (non-hydrogen) atoms. The molecule has 1 aliphatic heterocycles. The van der Waals surface area contributed by atoms with Crippen LogP contribution in [-0.2, 0) is 9.53 Å². The number of unbranched alkanes of at least 4 members (excludes halogenated alkanes) is 2. The molecule has 2 aromatic carbocycles. The van der Waals surface area contributed by atoms with Crippen LogP contribution in [0.15, 0.2) is 48.5 Å². The van der Waals surface area contributed by atoms with Crippen molar-refractivity contribution >= 4 is 40.0 Å². The van der Waals surface area contributed by atoms with E-state index in [2.05, 4.69) is 5.32 Å². The highest BCUT2D eigenvalue weighted by Gasteiger charge is 2.34. The van der Waals surface area contributed by atoms with Crippen molar-refractivity contribution in [3.63, 3.8) is 0 Å². The number of fused-ring (bicyclic) bond motifs is 1. The van der Waals surface area contributed by atoms with Crippen molar-refractivity contribution in [2.45, 2.75) is 32.6 Å². The Morgan fingerprint density at radius 3 is 2.22 bits per heavy atom. The lowest BCUT2D eigenvalue weighted by Gasteiger charge is -2.13. The second kappa shape index (κ2) is 10.8. The molecular weight excluding hydrogens is 483 g/mol. The quantitative estimate of drug-likeness (QED) is 0.236. The molecule has 3 aromatic rings. The monoisotopic (exact) mass is 508 g/mol. The summed E-state index contributed by atoms with van der Waals surface area (Å²) in [7, 11) is 1.27. The molecule has 0 bridgehead atoms. The maximum atomic E-state index is 13.4. The Hall–Kier alpha value is -3.85. The molecule has 3 amide bonds. The van der Waals surface area contributed by atoms with Gasteiger partial charge in [0.1, 0.15) is 16.4 Å². The summed E-state index contributed by atoms with van der Waals surface area (Å²) in [6.45, 7) is 2.12. The Kier molecular flexibility index (Phi) is 7.59. The Labute approximate surface area is 211 Å². The molecule has 0 aliphatic carbocycles. The molecular formula is C27H25FN2O5S. The molecule has 0 saturated carbocycles. The highest BCUT2D eigenvalue weighted by Crippen LogP contribution is 2.40. The van der Waals surface area contributed by atoms with Gasteiger partial charge in [-0.05, 0) is 49.6 Å². The molecule has 4 rings (SSSR count). The molecule has 1 aromatic heterocycles. The number of nitrogens with zero attached hydrogens (tertiary/aromatic N) is 1. The van der Waals surface area contributed by atoms with Gasteiger partial charge < -0.3 is 10.1 Å². The Morgan fingerprint density at radius 2 is 1.61 bits per heavy atom. The van der Waals surface area contributed by atoms with E-state index in [4.69, 9.17) is 4.74 Å². The Bertz CT molecular complexity index is 1300. The molecule has 1 N–H and O–H groups in total. The van der Waals surface area contributed by atoms with Gasteiger partial charge in [-0.15, -0.1) is 11.3 Å². The fourth-order valence-corrected chi connectivity index (χ4v) is 5.34. The zero-order valence-corrected chi connectivity index (χ0v) is 20.7. The fraction of sp³-hybridized carbons (Fsp3) is 0.259. The highest BCUT2D eigenvalue weighted by atomic mass is 32.1. The van der Waals surface area contributed by atoms with Crippen LogP contribution in [-0.4, -0.2) is 42.2 Å². The summed E-state index contributed by atoms with van der Waals surface area (Å²) in [5.41, 5.74) is 2.34. The molecule has 186 valence electrons. The van der Waals surface area contributed by atoms with Gasteiger partial charge >= 0.3 is 5.97 Å². The number of benzene rings is 2. The first-order chi connectivity index (χ1) is 17.3. The van der Waals surface area contributed by atoms with Crippen LogP contribution in [0.3, 0.4) is 0 Å². The number of hydrogen-bond donors (Lipinski definition) is 1. The lowest BCUT2D eigenvalue weighted by Crippen LogP contribution is -2.30. The average molecular weight is 509 g/mol. The molecule has 1 aliphatic rings. The summed E-state index contributed by atoms with van der Waals surface area (Å²) < 4.78 is 18.3. The fourth-order valence-electron chi connectivity index (χ4n) is 4.26. The van der Waals surface area contributed by atoms with E-state index in [0.29, 0.717) is 53.1 Å². The molecule has 0 fully saturated rings. The van der Waals surface area contributed by atoms with E-state index in [1.54, 1.807) is 36.4 Å². The number of imide groups is 1. The van der Waals surface area contributed by atoms with Gasteiger partial charge in [0.2, 0.25) is 5.91 Å². The number of hydrogen-bond acceptors (Lipinski definition) is 6. The summed E-state index contributed by atoms with van der Waals surface area (Å²) in [4.78, 5) is 52.1. The van der Waals surface area contributed by atoms with E-state index in [9.17, 15) is 23.6 Å². The van der Waals surface area contributed by atoms with Gasteiger partial charge in [0, 0.05) is 23.4 Å². The highest BCUT2D eigenvalue weighted by molar-refractivity contribution is 7.17. The lowest BCUT2D eigenvalue weighted by atomic mass is 10.0. The number of methoxy groups -OCH3 is 1. The average Bonchev–Trinajstić information content (AvgIpc) is 3.32. The van der Waals surface area contributed by atoms with Crippen LogP contribution in [0.5, 0.6) is 0 Å². The van der Waals surface area contributed by atoms with Crippen molar-refractivity contribution in [2.75, 3.05) is 19.0 Å². The molecule has 0 radical (unpaired) electrons. The maximum absolute atomic E-state index is 13.4. The minimum absolute atomic E-state index is 0.214. The molecule has 0 saturated heterocycles. The molecule has 0 atom stereocenters. The number of carbonyl (C=O) groups excluding carboxylic acids is 4. The summed E-state index contributed by atoms with van der Waals surface area (Å²) in [6, 6.07) is 12.5. The zero-order valence-electron chi connectivity index (χ0n) is 19.9. The third-order valence-electron chi connectivity index (χ3n) is 6.02. The number of esters is 1. The number of ether oxygens (including phenoxy) is 1. The summed E-state index contributed by atoms with van der Waals surface area (Å²) in [6.07, 6.45) is 2.00. The lowest BCUT2D eigenvalue weighted by molar-refractivity contribution is -0.116. The standard InChI is InChI=1S/C27H25FN2O5S/c1-16-22(17-11-13-18(28)14-12-17)23(27(34)35-2)24(36-16)29-21(31)10-4-3-7-15-30-25(32)19-8-5-6-9-20(19)26(30)33/h5-6,8-9,11-14H,3-4,7,10,15H2,1-2H3,(H,29,31). The van der Waals surface area contributed by atoms with E-state index in [0.717, 1.165) is 4.88 Å². The van der Waals surface area contributed by atoms with Gasteiger partial charge in [-0.3, -0.25) is 19.3 Å². The van der Waals surface area contributed by atoms with E-state index < -0.39 is 5.97 Å². The number of anilines is 1. The van der Waals surface area contributed by atoms with Gasteiger partial charge in [-0.1, -0.05) is 30.7 Å². The number of halogens is 1. The number of nitrogens with one attached hydrogen (secondary N) is 1. The van der Waals surface area contributed by atoms with Crippen molar-refractivity contribution in [3.05, 3.63) is 75.9 Å². The minimum Gasteiger partial charge on any atom is -0.465 e. The second-order valence-corrected chi connectivity index (χ2v) is 9.63. The van der Waals surface area contributed by atoms with Crippen molar-refractivity contribution < 1.29 is 28.3 Å². The Morgan fingerprint density at radius 1 is 0.972 bits per heavy atom. The first-order valence-electron chi connectivity index (χ1n) is 11.5. The van der Waals surface area contributed by atoms with Crippen LogP contribution >= 0.6 is 11.3 Å². The van der Waals surface area contributed by atoms with Crippen LogP contribution in [0, 0.1) is 12.7 Å². The van der Waals surface area contributed by atoms with E-state index in [1.165, 1.54) is 35.5 Å². The van der Waals surface area contributed by atoms with Crippen LogP contribution in [0.1, 0.15) is 61.6 Å². The first kappa shape index (κ1) is 25.2.